The lowest BCUT2D eigenvalue weighted by molar-refractivity contribution is 0.0685. The second-order valence-corrected chi connectivity index (χ2v) is 9.51. The van der Waals surface area contributed by atoms with Crippen molar-refractivity contribution in [1.82, 2.24) is 0 Å². The average molecular weight is 521 g/mol. The summed E-state index contributed by atoms with van der Waals surface area (Å²) < 4.78 is 0. The predicted octanol–water partition coefficient (Wildman–Crippen LogP) is 8.40. The molecule has 0 fully saturated rings. The molecule has 0 unspecified atom stereocenters. The zero-order chi connectivity index (χ0) is 27.6. The number of aromatic carboxylic acids is 2. The van der Waals surface area contributed by atoms with E-state index < -0.39 is 11.9 Å². The number of rotatable bonds is 6. The van der Waals surface area contributed by atoms with Crippen LogP contribution < -0.4 is 0 Å². The van der Waals surface area contributed by atoms with Gasteiger partial charge in [-0.1, -0.05) is 121 Å². The van der Waals surface area contributed by atoms with Gasteiger partial charge in [0.1, 0.15) is 0 Å². The van der Waals surface area contributed by atoms with Gasteiger partial charge in [-0.3, -0.25) is 0 Å². The molecule has 0 saturated heterocycles. The third-order valence-electron chi connectivity index (χ3n) is 7.19. The first-order chi connectivity index (χ1) is 19.5. The highest BCUT2D eigenvalue weighted by Gasteiger charge is 2.27. The SMILES string of the molecule is O=C(O)c1ccc2ccccc2c1C(=C(c1ccccc1)c1c(C(=O)O)ccc2ccccc12)c1ccccc1. The summed E-state index contributed by atoms with van der Waals surface area (Å²) in [5.74, 6) is -2.11. The van der Waals surface area contributed by atoms with Crippen LogP contribution in [0.2, 0.25) is 0 Å². The molecule has 0 aromatic heterocycles. The minimum atomic E-state index is -1.06. The molecule has 6 aromatic carbocycles. The van der Waals surface area contributed by atoms with Gasteiger partial charge in [0.25, 0.3) is 0 Å². The Labute approximate surface area is 231 Å². The van der Waals surface area contributed by atoms with Crippen molar-refractivity contribution in [3.8, 4) is 0 Å². The first-order valence-electron chi connectivity index (χ1n) is 12.9. The molecule has 2 N–H and O–H groups in total. The van der Waals surface area contributed by atoms with Crippen molar-refractivity contribution in [3.63, 3.8) is 0 Å². The molecule has 40 heavy (non-hydrogen) atoms. The van der Waals surface area contributed by atoms with Gasteiger partial charge >= 0.3 is 11.9 Å². The second-order valence-electron chi connectivity index (χ2n) is 9.51. The van der Waals surface area contributed by atoms with Gasteiger partial charge < -0.3 is 10.2 Å². The van der Waals surface area contributed by atoms with Crippen LogP contribution in [0.15, 0.2) is 133 Å². The highest BCUT2D eigenvalue weighted by atomic mass is 16.4. The molecule has 0 saturated carbocycles. The van der Waals surface area contributed by atoms with E-state index in [2.05, 4.69) is 0 Å². The van der Waals surface area contributed by atoms with Crippen LogP contribution in [0, 0.1) is 0 Å². The fraction of sp³-hybridized carbons (Fsp3) is 0. The number of carboxylic acid groups (broad SMARTS) is 2. The molecule has 0 bridgehead atoms. The summed E-state index contributed by atoms with van der Waals surface area (Å²) in [6, 6.07) is 41.5. The molecule has 0 amide bonds. The van der Waals surface area contributed by atoms with E-state index in [1.165, 1.54) is 0 Å². The van der Waals surface area contributed by atoms with Crippen LogP contribution in [0.4, 0.5) is 0 Å². The largest absolute Gasteiger partial charge is 0.478 e. The summed E-state index contributed by atoms with van der Waals surface area (Å²) in [5.41, 5.74) is 4.24. The lowest BCUT2D eigenvalue weighted by Gasteiger charge is -2.23. The fourth-order valence-electron chi connectivity index (χ4n) is 5.48. The Bertz CT molecular complexity index is 1790. The van der Waals surface area contributed by atoms with Gasteiger partial charge in [-0.25, -0.2) is 9.59 Å². The Morgan fingerprint density at radius 2 is 0.750 bits per heavy atom. The van der Waals surface area contributed by atoms with Crippen LogP contribution in [0.25, 0.3) is 32.7 Å². The number of hydrogen-bond donors (Lipinski definition) is 2. The Balaban J connectivity index is 1.94. The van der Waals surface area contributed by atoms with Gasteiger partial charge in [0.05, 0.1) is 11.1 Å². The maximum absolute atomic E-state index is 12.8. The summed E-state index contributed by atoms with van der Waals surface area (Å²) >= 11 is 0. The first kappa shape index (κ1) is 24.8. The summed E-state index contributed by atoms with van der Waals surface area (Å²) in [6.45, 7) is 0. The van der Waals surface area contributed by atoms with E-state index in [1.807, 2.05) is 121 Å². The average Bonchev–Trinajstić information content (AvgIpc) is 2.99. The zero-order valence-electron chi connectivity index (χ0n) is 21.4. The second kappa shape index (κ2) is 10.4. The summed E-state index contributed by atoms with van der Waals surface area (Å²) in [5, 5.41) is 24.2. The Hall–Kier alpha value is -5.48. The van der Waals surface area contributed by atoms with Gasteiger partial charge in [-0.05, 0) is 56.0 Å². The quantitative estimate of drug-likeness (QED) is 0.216. The van der Waals surface area contributed by atoms with E-state index in [9.17, 15) is 19.8 Å². The summed E-state index contributed by atoms with van der Waals surface area (Å²) in [4.78, 5) is 25.5. The van der Waals surface area contributed by atoms with Gasteiger partial charge in [0, 0.05) is 11.1 Å². The lowest BCUT2D eigenvalue weighted by atomic mass is 9.79. The smallest absolute Gasteiger partial charge is 0.336 e. The fourth-order valence-corrected chi connectivity index (χ4v) is 5.48. The van der Waals surface area contributed by atoms with Crippen molar-refractivity contribution in [2.75, 3.05) is 0 Å². The molecule has 4 nitrogen and oxygen atoms in total. The number of benzene rings is 6. The number of hydrogen-bond acceptors (Lipinski definition) is 2. The monoisotopic (exact) mass is 520 g/mol. The van der Waals surface area contributed by atoms with E-state index in [0.717, 1.165) is 32.7 Å². The van der Waals surface area contributed by atoms with E-state index in [-0.39, 0.29) is 11.1 Å². The minimum Gasteiger partial charge on any atom is -0.478 e. The number of fused-ring (bicyclic) bond motifs is 2. The Morgan fingerprint density at radius 1 is 0.400 bits per heavy atom. The van der Waals surface area contributed by atoms with Gasteiger partial charge in [0.2, 0.25) is 0 Å². The Morgan fingerprint density at radius 3 is 1.12 bits per heavy atom. The molecule has 0 aliphatic rings. The van der Waals surface area contributed by atoms with Gasteiger partial charge in [-0.2, -0.15) is 0 Å². The van der Waals surface area contributed by atoms with Gasteiger partial charge in [-0.15, -0.1) is 0 Å². The molecule has 0 radical (unpaired) electrons. The van der Waals surface area contributed by atoms with Crippen LogP contribution in [0.5, 0.6) is 0 Å². The summed E-state index contributed by atoms with van der Waals surface area (Å²) in [6.07, 6.45) is 0. The highest BCUT2D eigenvalue weighted by Crippen LogP contribution is 2.44. The molecule has 0 aliphatic heterocycles. The molecule has 4 heteroatoms. The summed E-state index contributed by atoms with van der Waals surface area (Å²) in [7, 11) is 0. The van der Waals surface area contributed by atoms with Crippen molar-refractivity contribution in [3.05, 3.63) is 167 Å². The third-order valence-corrected chi connectivity index (χ3v) is 7.19. The maximum atomic E-state index is 12.8. The lowest BCUT2D eigenvalue weighted by Crippen LogP contribution is -2.09. The van der Waals surface area contributed by atoms with E-state index in [1.54, 1.807) is 12.1 Å². The molecule has 6 aromatic rings. The van der Waals surface area contributed by atoms with E-state index in [4.69, 9.17) is 0 Å². The van der Waals surface area contributed by atoms with Crippen LogP contribution in [-0.2, 0) is 0 Å². The van der Waals surface area contributed by atoms with Crippen LogP contribution in [0.1, 0.15) is 43.0 Å². The van der Waals surface area contributed by atoms with Crippen LogP contribution >= 0.6 is 0 Å². The van der Waals surface area contributed by atoms with E-state index >= 15 is 0 Å². The normalized spacial score (nSPS) is 11.8. The topological polar surface area (TPSA) is 74.6 Å². The van der Waals surface area contributed by atoms with Crippen LogP contribution in [-0.4, -0.2) is 22.2 Å². The molecule has 192 valence electrons. The number of carboxylic acids is 2. The standard InChI is InChI=1S/C36H24O4/c37-35(38)29-21-19-23-11-7-9-17-27(23)33(29)31(25-13-3-1-4-14-25)32(26-15-5-2-6-16-26)34-28-18-10-8-12-24(28)20-22-30(34)36(39)40/h1-22H,(H,37,38)(H,39,40). The molecular formula is C36H24O4. The Kier molecular flexibility index (Phi) is 6.43. The molecule has 6 rings (SSSR count). The van der Waals surface area contributed by atoms with Crippen molar-refractivity contribution < 1.29 is 19.8 Å². The molecule has 0 heterocycles. The van der Waals surface area contributed by atoms with Crippen LogP contribution in [0.3, 0.4) is 0 Å². The van der Waals surface area contributed by atoms with Crippen molar-refractivity contribution in [2.45, 2.75) is 0 Å². The predicted molar refractivity (Wildman–Crippen MR) is 160 cm³/mol. The van der Waals surface area contributed by atoms with E-state index in [0.29, 0.717) is 22.3 Å². The maximum Gasteiger partial charge on any atom is 0.336 e. The van der Waals surface area contributed by atoms with Crippen molar-refractivity contribution in [2.24, 2.45) is 0 Å². The molecular weight excluding hydrogens is 496 g/mol. The molecule has 0 atom stereocenters. The van der Waals surface area contributed by atoms with Crippen molar-refractivity contribution >= 4 is 44.6 Å². The van der Waals surface area contributed by atoms with Gasteiger partial charge in [0.15, 0.2) is 0 Å². The molecule has 0 spiro atoms. The third kappa shape index (κ3) is 4.32. The van der Waals surface area contributed by atoms with Crippen molar-refractivity contribution in [1.29, 1.82) is 0 Å². The zero-order valence-corrected chi connectivity index (χ0v) is 21.4. The number of carbonyl (C=O) groups is 2. The first-order valence-corrected chi connectivity index (χ1v) is 12.9. The minimum absolute atomic E-state index is 0.142. The molecule has 0 aliphatic carbocycles. The highest BCUT2D eigenvalue weighted by molar-refractivity contribution is 6.19.